The summed E-state index contributed by atoms with van der Waals surface area (Å²) in [5.74, 6) is 0. The third kappa shape index (κ3) is 4.32. The summed E-state index contributed by atoms with van der Waals surface area (Å²) in [4.78, 5) is 15.6. The van der Waals surface area contributed by atoms with Crippen LogP contribution in [-0.4, -0.2) is 43.4 Å². The zero-order valence-corrected chi connectivity index (χ0v) is 12.5. The molecular formula is C12H17Cl3N2O. The number of hydrogen-bond donors (Lipinski definition) is 0. The second-order valence-electron chi connectivity index (χ2n) is 4.11. The smallest absolute Gasteiger partial charge is 0.252 e. The second kappa shape index (κ2) is 7.85. The highest BCUT2D eigenvalue weighted by Crippen LogP contribution is 2.17. The molecule has 0 aliphatic carbocycles. The van der Waals surface area contributed by atoms with Gasteiger partial charge >= 0.3 is 0 Å². The second-order valence-corrected chi connectivity index (χ2v) is 4.45. The van der Waals surface area contributed by atoms with Gasteiger partial charge in [-0.1, -0.05) is 0 Å². The van der Waals surface area contributed by atoms with Gasteiger partial charge in [-0.25, -0.2) is 0 Å². The quantitative estimate of drug-likeness (QED) is 0.785. The predicted octanol–water partition coefficient (Wildman–Crippen LogP) is 2.66. The minimum Gasteiger partial charge on any atom is -0.369 e. The molecule has 0 saturated carbocycles. The van der Waals surface area contributed by atoms with Crippen molar-refractivity contribution in [3.8, 4) is 0 Å². The highest BCUT2D eigenvalue weighted by atomic mass is 35.5. The average Bonchev–Trinajstić information content (AvgIpc) is 2.30. The molecule has 3 nitrogen and oxygen atoms in total. The van der Waals surface area contributed by atoms with Gasteiger partial charge in [0.25, 0.3) is 5.24 Å². The number of benzene rings is 1. The summed E-state index contributed by atoms with van der Waals surface area (Å²) in [6.07, 6.45) is 0. The number of likely N-dealkylation sites (N-methyl/N-ethyl adjacent to an activating group) is 1. The summed E-state index contributed by atoms with van der Waals surface area (Å²) < 4.78 is 0. The molecule has 2 rings (SSSR count). The third-order valence-electron chi connectivity index (χ3n) is 2.96. The fraction of sp³-hybridized carbons (Fsp3) is 0.417. The fourth-order valence-corrected chi connectivity index (χ4v) is 1.99. The van der Waals surface area contributed by atoms with E-state index in [4.69, 9.17) is 11.6 Å². The van der Waals surface area contributed by atoms with Crippen molar-refractivity contribution in [2.45, 2.75) is 0 Å². The zero-order chi connectivity index (χ0) is 11.5. The lowest BCUT2D eigenvalue weighted by Gasteiger charge is -2.34. The van der Waals surface area contributed by atoms with Gasteiger partial charge in [-0.05, 0) is 42.9 Å². The Bertz CT molecular complexity index is 375. The largest absolute Gasteiger partial charge is 0.369 e. The molecule has 1 aliphatic heterocycles. The van der Waals surface area contributed by atoms with Gasteiger partial charge in [-0.3, -0.25) is 4.79 Å². The van der Waals surface area contributed by atoms with Gasteiger partial charge < -0.3 is 9.80 Å². The SMILES string of the molecule is CN1CCN(c2ccc(C(=O)Cl)cc2)CC1.Cl.Cl. The highest BCUT2D eigenvalue weighted by molar-refractivity contribution is 6.67. The highest BCUT2D eigenvalue weighted by Gasteiger charge is 2.14. The maximum Gasteiger partial charge on any atom is 0.252 e. The molecule has 0 atom stereocenters. The van der Waals surface area contributed by atoms with Crippen LogP contribution in [0.3, 0.4) is 0 Å². The molecule has 0 aromatic heterocycles. The first-order valence-corrected chi connectivity index (χ1v) is 5.78. The van der Waals surface area contributed by atoms with Crippen molar-refractivity contribution in [1.29, 1.82) is 0 Å². The molecule has 1 heterocycles. The van der Waals surface area contributed by atoms with Crippen LogP contribution in [0.1, 0.15) is 10.4 Å². The molecule has 6 heteroatoms. The number of piperazine rings is 1. The molecular weight excluding hydrogens is 295 g/mol. The van der Waals surface area contributed by atoms with Gasteiger partial charge in [0, 0.05) is 37.4 Å². The Balaban J connectivity index is 0.00000144. The summed E-state index contributed by atoms with van der Waals surface area (Å²) in [6.45, 7) is 4.22. The lowest BCUT2D eigenvalue weighted by atomic mass is 10.2. The maximum absolute atomic E-state index is 10.9. The van der Waals surface area contributed by atoms with E-state index in [1.54, 1.807) is 12.1 Å². The standard InChI is InChI=1S/C12H15ClN2O.2ClH/c1-14-6-8-15(9-7-14)11-4-2-10(3-5-11)12(13)16;;/h2-5H,6-9H2,1H3;2*1H. The molecule has 1 aliphatic rings. The monoisotopic (exact) mass is 310 g/mol. The van der Waals surface area contributed by atoms with E-state index < -0.39 is 5.24 Å². The Morgan fingerprint density at radius 2 is 1.56 bits per heavy atom. The number of rotatable bonds is 2. The Morgan fingerprint density at radius 1 is 1.06 bits per heavy atom. The summed E-state index contributed by atoms with van der Waals surface area (Å²) in [5, 5.41) is -0.398. The van der Waals surface area contributed by atoms with Gasteiger partial charge in [0.15, 0.2) is 0 Å². The molecule has 0 unspecified atom stereocenters. The molecule has 18 heavy (non-hydrogen) atoms. The van der Waals surface area contributed by atoms with Crippen LogP contribution in [0.15, 0.2) is 24.3 Å². The number of nitrogens with zero attached hydrogens (tertiary/aromatic N) is 2. The molecule has 0 spiro atoms. The van der Waals surface area contributed by atoms with Crippen LogP contribution in [0, 0.1) is 0 Å². The Morgan fingerprint density at radius 3 is 2.00 bits per heavy atom. The number of halogens is 3. The minimum absolute atomic E-state index is 0. The average molecular weight is 312 g/mol. The van der Waals surface area contributed by atoms with Crippen molar-refractivity contribution in [1.82, 2.24) is 4.90 Å². The normalized spacial score (nSPS) is 15.6. The van der Waals surface area contributed by atoms with E-state index in [2.05, 4.69) is 16.8 Å². The van der Waals surface area contributed by atoms with Crippen LogP contribution in [0.25, 0.3) is 0 Å². The van der Waals surface area contributed by atoms with E-state index in [0.29, 0.717) is 5.56 Å². The lowest BCUT2D eigenvalue weighted by Crippen LogP contribution is -2.44. The van der Waals surface area contributed by atoms with E-state index in [9.17, 15) is 4.79 Å². The van der Waals surface area contributed by atoms with Crippen LogP contribution in [0.2, 0.25) is 0 Å². The molecule has 0 bridgehead atoms. The summed E-state index contributed by atoms with van der Waals surface area (Å²) >= 11 is 5.40. The van der Waals surface area contributed by atoms with Gasteiger partial charge in [-0.2, -0.15) is 0 Å². The number of carbonyl (C=O) groups excluding carboxylic acids is 1. The van der Waals surface area contributed by atoms with Crippen molar-refractivity contribution >= 4 is 47.3 Å². The van der Waals surface area contributed by atoms with Gasteiger partial charge in [0.1, 0.15) is 0 Å². The van der Waals surface area contributed by atoms with Crippen molar-refractivity contribution in [2.75, 3.05) is 38.1 Å². The number of carbonyl (C=O) groups is 1. The van der Waals surface area contributed by atoms with Crippen LogP contribution in [0.5, 0.6) is 0 Å². The van der Waals surface area contributed by atoms with E-state index in [1.165, 1.54) is 0 Å². The predicted molar refractivity (Wildman–Crippen MR) is 80.8 cm³/mol. The van der Waals surface area contributed by atoms with E-state index in [-0.39, 0.29) is 24.8 Å². The summed E-state index contributed by atoms with van der Waals surface area (Å²) in [5.41, 5.74) is 1.72. The molecule has 1 fully saturated rings. The zero-order valence-electron chi connectivity index (χ0n) is 10.1. The van der Waals surface area contributed by atoms with Crippen LogP contribution in [-0.2, 0) is 0 Å². The van der Waals surface area contributed by atoms with Crippen molar-refractivity contribution in [3.63, 3.8) is 0 Å². The molecule has 0 amide bonds. The van der Waals surface area contributed by atoms with E-state index >= 15 is 0 Å². The molecule has 1 aromatic carbocycles. The Hall–Kier alpha value is -0.480. The summed E-state index contributed by atoms with van der Waals surface area (Å²) in [6, 6.07) is 7.48. The molecule has 102 valence electrons. The molecule has 1 aromatic rings. The maximum atomic E-state index is 10.9. The molecule has 0 radical (unpaired) electrons. The van der Waals surface area contributed by atoms with Gasteiger partial charge in [0.2, 0.25) is 0 Å². The Kier molecular flexibility index (Phi) is 7.64. The summed E-state index contributed by atoms with van der Waals surface area (Å²) in [7, 11) is 2.13. The number of anilines is 1. The first kappa shape index (κ1) is 17.5. The van der Waals surface area contributed by atoms with Crippen LogP contribution >= 0.6 is 36.4 Å². The van der Waals surface area contributed by atoms with Crippen LogP contribution < -0.4 is 4.90 Å². The topological polar surface area (TPSA) is 23.6 Å². The first-order chi connectivity index (χ1) is 7.66. The molecule has 1 saturated heterocycles. The van der Waals surface area contributed by atoms with Crippen molar-refractivity contribution in [3.05, 3.63) is 29.8 Å². The molecule has 0 N–H and O–H groups in total. The van der Waals surface area contributed by atoms with Crippen molar-refractivity contribution in [2.24, 2.45) is 0 Å². The van der Waals surface area contributed by atoms with Crippen LogP contribution in [0.4, 0.5) is 5.69 Å². The number of hydrogen-bond acceptors (Lipinski definition) is 3. The fourth-order valence-electron chi connectivity index (χ4n) is 1.87. The Labute approximate surface area is 125 Å². The van der Waals surface area contributed by atoms with E-state index in [0.717, 1.165) is 31.9 Å². The van der Waals surface area contributed by atoms with E-state index in [1.807, 2.05) is 12.1 Å². The van der Waals surface area contributed by atoms with Gasteiger partial charge in [-0.15, -0.1) is 24.8 Å². The lowest BCUT2D eigenvalue weighted by molar-refractivity contribution is 0.108. The minimum atomic E-state index is -0.398. The van der Waals surface area contributed by atoms with Crippen molar-refractivity contribution < 1.29 is 4.79 Å². The van der Waals surface area contributed by atoms with Gasteiger partial charge in [0.05, 0.1) is 0 Å². The first-order valence-electron chi connectivity index (χ1n) is 5.40. The third-order valence-corrected chi connectivity index (χ3v) is 3.18.